The van der Waals surface area contributed by atoms with Crippen LogP contribution in [0.2, 0.25) is 0 Å². The number of carbonyl (C=O) groups is 5. The number of benzene rings is 1. The molecule has 13 nitrogen and oxygen atoms in total. The third-order valence-electron chi connectivity index (χ3n) is 5.76. The zero-order valence-electron chi connectivity index (χ0n) is 20.7. The minimum atomic E-state index is -1.56. The van der Waals surface area contributed by atoms with Crippen molar-refractivity contribution in [3.05, 3.63) is 36.0 Å². The number of carboxylic acid groups (broad SMARTS) is 2. The Labute approximate surface area is 212 Å². The summed E-state index contributed by atoms with van der Waals surface area (Å²) in [6, 6.07) is 1.71. The number of carboxylic acids is 2. The second-order valence-corrected chi connectivity index (χ2v) is 9.12. The van der Waals surface area contributed by atoms with E-state index in [4.69, 9.17) is 10.8 Å². The van der Waals surface area contributed by atoms with Crippen molar-refractivity contribution in [1.29, 1.82) is 0 Å². The first kappa shape index (κ1) is 29.3. The average Bonchev–Trinajstić information content (AvgIpc) is 3.21. The molecule has 5 atom stereocenters. The molecular formula is C24H33N5O8. The van der Waals surface area contributed by atoms with Crippen molar-refractivity contribution in [2.45, 2.75) is 63.9 Å². The van der Waals surface area contributed by atoms with Gasteiger partial charge in [-0.25, -0.2) is 4.79 Å². The van der Waals surface area contributed by atoms with Crippen molar-refractivity contribution in [1.82, 2.24) is 20.9 Å². The van der Waals surface area contributed by atoms with Crippen LogP contribution in [0.15, 0.2) is 30.5 Å². The largest absolute Gasteiger partial charge is 0.481 e. The smallest absolute Gasteiger partial charge is 0.326 e. The van der Waals surface area contributed by atoms with E-state index in [0.29, 0.717) is 5.56 Å². The fourth-order valence-corrected chi connectivity index (χ4v) is 3.70. The van der Waals surface area contributed by atoms with E-state index in [1.165, 1.54) is 6.92 Å². The van der Waals surface area contributed by atoms with Crippen LogP contribution in [0.4, 0.5) is 0 Å². The number of hydrogen-bond donors (Lipinski definition) is 8. The Bertz CT molecular complexity index is 1150. The highest BCUT2D eigenvalue weighted by Crippen LogP contribution is 2.19. The normalized spacial score (nSPS) is 15.3. The van der Waals surface area contributed by atoms with E-state index in [1.54, 1.807) is 26.1 Å². The predicted octanol–water partition coefficient (Wildman–Crippen LogP) is -0.912. The van der Waals surface area contributed by atoms with Gasteiger partial charge in [-0.2, -0.15) is 0 Å². The summed E-state index contributed by atoms with van der Waals surface area (Å²) in [6.07, 6.45) is -0.504. The molecule has 5 unspecified atom stereocenters. The topological polar surface area (TPSA) is 224 Å². The van der Waals surface area contributed by atoms with Gasteiger partial charge in [0, 0.05) is 23.5 Å². The van der Waals surface area contributed by atoms with E-state index in [2.05, 4.69) is 20.9 Å². The molecule has 2 rings (SSSR count). The molecule has 1 aromatic heterocycles. The van der Waals surface area contributed by atoms with E-state index in [0.717, 1.165) is 10.9 Å². The molecule has 0 fully saturated rings. The molecule has 9 N–H and O–H groups in total. The van der Waals surface area contributed by atoms with Gasteiger partial charge in [-0.05, 0) is 24.5 Å². The minimum absolute atomic E-state index is 0.0367. The number of aliphatic carboxylic acids is 2. The molecule has 0 aliphatic rings. The molecule has 0 aliphatic carbocycles. The Morgan fingerprint density at radius 1 is 0.919 bits per heavy atom. The van der Waals surface area contributed by atoms with Gasteiger partial charge < -0.3 is 42.0 Å². The van der Waals surface area contributed by atoms with E-state index in [9.17, 15) is 34.2 Å². The SMILES string of the molecule is CC(C)C(NC(=O)C(Cc1c[nH]c2ccccc12)NC(=O)C(NC(=O)C(N)CC(=O)O)C(C)O)C(=O)O. The number of nitrogens with one attached hydrogen (secondary N) is 4. The summed E-state index contributed by atoms with van der Waals surface area (Å²) in [6.45, 7) is 4.46. The molecule has 0 bridgehead atoms. The molecular weight excluding hydrogens is 486 g/mol. The fourth-order valence-electron chi connectivity index (χ4n) is 3.70. The summed E-state index contributed by atoms with van der Waals surface area (Å²) in [5.41, 5.74) is 6.99. The molecule has 37 heavy (non-hydrogen) atoms. The van der Waals surface area contributed by atoms with Crippen molar-refractivity contribution in [3.8, 4) is 0 Å². The second kappa shape index (κ2) is 12.8. The molecule has 13 heteroatoms. The van der Waals surface area contributed by atoms with Crippen LogP contribution in [0, 0.1) is 5.92 Å². The van der Waals surface area contributed by atoms with Crippen LogP contribution in [0.5, 0.6) is 0 Å². The number of nitrogens with two attached hydrogens (primary N) is 1. The zero-order valence-corrected chi connectivity index (χ0v) is 20.7. The second-order valence-electron chi connectivity index (χ2n) is 9.12. The Kier molecular flexibility index (Phi) is 10.1. The Morgan fingerprint density at radius 3 is 2.11 bits per heavy atom. The van der Waals surface area contributed by atoms with Gasteiger partial charge in [-0.3, -0.25) is 19.2 Å². The number of rotatable bonds is 13. The van der Waals surface area contributed by atoms with Gasteiger partial charge in [0.1, 0.15) is 18.1 Å². The standard InChI is InChI=1S/C24H33N5O8/c1-11(2)19(24(36)37)28-22(34)17(8-13-10-26-16-7-5-4-6-14(13)16)27-23(35)20(12(3)30)29-21(33)15(25)9-18(31)32/h4-7,10-12,15,17,19-20,26,30H,8-9,25H2,1-3H3,(H,27,35)(H,28,34)(H,29,33)(H,31,32)(H,36,37). The molecule has 1 aromatic carbocycles. The lowest BCUT2D eigenvalue weighted by Crippen LogP contribution is -2.60. The van der Waals surface area contributed by atoms with Gasteiger partial charge >= 0.3 is 11.9 Å². The number of fused-ring (bicyclic) bond motifs is 1. The van der Waals surface area contributed by atoms with Crippen LogP contribution in [-0.4, -0.2) is 80.2 Å². The molecule has 2 aromatic rings. The van der Waals surface area contributed by atoms with Gasteiger partial charge in [-0.15, -0.1) is 0 Å². The molecule has 202 valence electrons. The van der Waals surface area contributed by atoms with Crippen LogP contribution < -0.4 is 21.7 Å². The Balaban J connectivity index is 2.31. The minimum Gasteiger partial charge on any atom is -0.481 e. The monoisotopic (exact) mass is 519 g/mol. The van der Waals surface area contributed by atoms with Gasteiger partial charge in [0.15, 0.2) is 0 Å². The van der Waals surface area contributed by atoms with Crippen molar-refractivity contribution < 1.29 is 39.3 Å². The highest BCUT2D eigenvalue weighted by Gasteiger charge is 2.33. The summed E-state index contributed by atoms with van der Waals surface area (Å²) in [4.78, 5) is 64.1. The van der Waals surface area contributed by atoms with E-state index < -0.39 is 72.3 Å². The summed E-state index contributed by atoms with van der Waals surface area (Å²) in [7, 11) is 0. The van der Waals surface area contributed by atoms with Crippen LogP contribution in [0.3, 0.4) is 0 Å². The van der Waals surface area contributed by atoms with Gasteiger partial charge in [0.2, 0.25) is 17.7 Å². The third-order valence-corrected chi connectivity index (χ3v) is 5.76. The highest BCUT2D eigenvalue weighted by molar-refractivity contribution is 5.95. The molecule has 0 saturated carbocycles. The molecule has 0 saturated heterocycles. The van der Waals surface area contributed by atoms with Crippen molar-refractivity contribution >= 4 is 40.6 Å². The molecule has 0 spiro atoms. The zero-order chi connectivity index (χ0) is 27.9. The van der Waals surface area contributed by atoms with Crippen LogP contribution in [-0.2, 0) is 30.4 Å². The summed E-state index contributed by atoms with van der Waals surface area (Å²) < 4.78 is 0. The van der Waals surface area contributed by atoms with E-state index in [1.807, 2.05) is 18.2 Å². The number of aromatic nitrogens is 1. The molecule has 1 heterocycles. The average molecular weight is 520 g/mol. The van der Waals surface area contributed by atoms with Crippen LogP contribution in [0.1, 0.15) is 32.8 Å². The molecule has 0 aliphatic heterocycles. The number of para-hydroxylation sites is 1. The summed E-state index contributed by atoms with van der Waals surface area (Å²) in [5, 5.41) is 36.3. The lowest BCUT2D eigenvalue weighted by atomic mass is 10.0. The lowest BCUT2D eigenvalue weighted by molar-refractivity contribution is -0.143. The first-order chi connectivity index (χ1) is 17.3. The van der Waals surface area contributed by atoms with E-state index >= 15 is 0 Å². The first-order valence-corrected chi connectivity index (χ1v) is 11.7. The summed E-state index contributed by atoms with van der Waals surface area (Å²) >= 11 is 0. The third kappa shape index (κ3) is 8.02. The van der Waals surface area contributed by atoms with Crippen molar-refractivity contribution in [2.24, 2.45) is 11.7 Å². The Morgan fingerprint density at radius 2 is 1.54 bits per heavy atom. The van der Waals surface area contributed by atoms with Crippen molar-refractivity contribution in [3.63, 3.8) is 0 Å². The quantitative estimate of drug-likeness (QED) is 0.164. The van der Waals surface area contributed by atoms with Crippen molar-refractivity contribution in [2.75, 3.05) is 0 Å². The lowest BCUT2D eigenvalue weighted by Gasteiger charge is -2.27. The van der Waals surface area contributed by atoms with Gasteiger partial charge in [0.05, 0.1) is 18.6 Å². The number of H-pyrrole nitrogens is 1. The van der Waals surface area contributed by atoms with Crippen LogP contribution >= 0.6 is 0 Å². The van der Waals surface area contributed by atoms with Gasteiger partial charge in [-0.1, -0.05) is 32.0 Å². The maximum Gasteiger partial charge on any atom is 0.326 e. The predicted molar refractivity (Wildman–Crippen MR) is 132 cm³/mol. The number of aliphatic hydroxyl groups excluding tert-OH is 1. The Hall–Kier alpha value is -3.97. The number of hydrogen-bond acceptors (Lipinski definition) is 7. The number of aromatic amines is 1. The van der Waals surface area contributed by atoms with E-state index in [-0.39, 0.29) is 6.42 Å². The summed E-state index contributed by atoms with van der Waals surface area (Å²) in [5.74, 6) is -5.73. The molecule has 0 radical (unpaired) electrons. The van der Waals surface area contributed by atoms with Crippen LogP contribution in [0.25, 0.3) is 10.9 Å². The number of carbonyl (C=O) groups excluding carboxylic acids is 3. The highest BCUT2D eigenvalue weighted by atomic mass is 16.4. The maximum atomic E-state index is 13.2. The fraction of sp³-hybridized carbons (Fsp3) is 0.458. The van der Waals surface area contributed by atoms with Gasteiger partial charge in [0.25, 0.3) is 0 Å². The maximum absolute atomic E-state index is 13.2. The number of amides is 3. The first-order valence-electron chi connectivity index (χ1n) is 11.7. The number of aliphatic hydroxyl groups is 1. The molecule has 3 amide bonds.